The van der Waals surface area contributed by atoms with Crippen LogP contribution in [-0.2, 0) is 0 Å². The molecule has 7 heteroatoms. The predicted molar refractivity (Wildman–Crippen MR) is 77.9 cm³/mol. The van der Waals surface area contributed by atoms with E-state index in [-0.39, 0.29) is 5.56 Å². The van der Waals surface area contributed by atoms with Crippen molar-refractivity contribution >= 4 is 23.7 Å². The average Bonchev–Trinajstić information content (AvgIpc) is 2.48. The Kier molecular flexibility index (Phi) is 4.30. The van der Waals surface area contributed by atoms with E-state index in [2.05, 4.69) is 10.5 Å². The fraction of sp³-hybridized carbons (Fsp3) is 0. The van der Waals surface area contributed by atoms with Gasteiger partial charge in [0.2, 0.25) is 5.75 Å². The molecule has 0 atom stereocenters. The highest BCUT2D eigenvalue weighted by Crippen LogP contribution is 2.36. The van der Waals surface area contributed by atoms with E-state index >= 15 is 0 Å². The topological polar surface area (TPSA) is 102 Å². The van der Waals surface area contributed by atoms with Gasteiger partial charge in [-0.1, -0.05) is 11.6 Å². The maximum atomic E-state index is 11.7. The molecule has 0 aromatic heterocycles. The zero-order chi connectivity index (χ0) is 15.4. The third-order valence-corrected chi connectivity index (χ3v) is 2.89. The number of amides is 1. The maximum absolute atomic E-state index is 11.7. The number of rotatable bonds is 3. The van der Waals surface area contributed by atoms with Gasteiger partial charge in [-0.2, -0.15) is 5.10 Å². The van der Waals surface area contributed by atoms with Gasteiger partial charge in [-0.3, -0.25) is 4.79 Å². The average molecular weight is 307 g/mol. The van der Waals surface area contributed by atoms with E-state index in [9.17, 15) is 20.1 Å². The third kappa shape index (κ3) is 3.43. The highest BCUT2D eigenvalue weighted by Gasteiger charge is 2.09. The number of halogens is 1. The van der Waals surface area contributed by atoms with Gasteiger partial charge in [0.15, 0.2) is 11.5 Å². The standard InChI is InChI=1S/C14H11ClN2O4/c15-10-4-1-8(2-5-10)14(21)17-16-7-9-3-6-11(18)13(20)12(9)19/h1-7,18-20H,(H,17,21). The number of nitrogens with one attached hydrogen (secondary N) is 1. The number of carbonyl (C=O) groups is 1. The van der Waals surface area contributed by atoms with Crippen molar-refractivity contribution in [1.82, 2.24) is 5.43 Å². The Hall–Kier alpha value is -2.73. The molecule has 0 spiro atoms. The van der Waals surface area contributed by atoms with E-state index < -0.39 is 23.2 Å². The summed E-state index contributed by atoms with van der Waals surface area (Å²) < 4.78 is 0. The largest absolute Gasteiger partial charge is 0.504 e. The highest BCUT2D eigenvalue weighted by atomic mass is 35.5. The summed E-state index contributed by atoms with van der Waals surface area (Å²) >= 11 is 5.71. The van der Waals surface area contributed by atoms with Crippen LogP contribution >= 0.6 is 11.6 Å². The van der Waals surface area contributed by atoms with Gasteiger partial charge in [0.05, 0.1) is 6.21 Å². The second kappa shape index (κ2) is 6.15. The fourth-order valence-electron chi connectivity index (χ4n) is 1.52. The Labute approximate surface area is 124 Å². The van der Waals surface area contributed by atoms with Crippen LogP contribution in [0.5, 0.6) is 17.2 Å². The normalized spacial score (nSPS) is 10.7. The molecule has 0 saturated heterocycles. The van der Waals surface area contributed by atoms with E-state index in [4.69, 9.17) is 11.6 Å². The van der Waals surface area contributed by atoms with E-state index in [1.54, 1.807) is 12.1 Å². The molecule has 0 unspecified atom stereocenters. The number of carbonyl (C=O) groups excluding carboxylic acids is 1. The molecule has 2 rings (SSSR count). The van der Waals surface area contributed by atoms with Crippen LogP contribution in [0.1, 0.15) is 15.9 Å². The monoisotopic (exact) mass is 306 g/mol. The van der Waals surface area contributed by atoms with Crippen LogP contribution in [0, 0.1) is 0 Å². The predicted octanol–water partition coefficient (Wildman–Crippen LogP) is 2.22. The van der Waals surface area contributed by atoms with Crippen molar-refractivity contribution in [2.45, 2.75) is 0 Å². The Bertz CT molecular complexity index is 699. The van der Waals surface area contributed by atoms with Crippen molar-refractivity contribution in [2.75, 3.05) is 0 Å². The van der Waals surface area contributed by atoms with Crippen molar-refractivity contribution in [3.63, 3.8) is 0 Å². The van der Waals surface area contributed by atoms with Gasteiger partial charge < -0.3 is 15.3 Å². The molecule has 6 nitrogen and oxygen atoms in total. The molecule has 108 valence electrons. The quantitative estimate of drug-likeness (QED) is 0.396. The second-order valence-electron chi connectivity index (χ2n) is 4.08. The number of phenols is 3. The number of nitrogens with zero attached hydrogens (tertiary/aromatic N) is 1. The Morgan fingerprint density at radius 2 is 1.71 bits per heavy atom. The molecule has 0 saturated carbocycles. The second-order valence-corrected chi connectivity index (χ2v) is 4.51. The molecule has 0 aliphatic rings. The molecule has 0 aliphatic heterocycles. The first-order chi connectivity index (χ1) is 9.99. The Morgan fingerprint density at radius 3 is 2.38 bits per heavy atom. The summed E-state index contributed by atoms with van der Waals surface area (Å²) in [4.78, 5) is 11.7. The first-order valence-corrected chi connectivity index (χ1v) is 6.19. The Morgan fingerprint density at radius 1 is 1.05 bits per heavy atom. The van der Waals surface area contributed by atoms with Crippen LogP contribution in [0.15, 0.2) is 41.5 Å². The summed E-state index contributed by atoms with van der Waals surface area (Å²) in [6.07, 6.45) is 1.14. The molecule has 0 heterocycles. The molecule has 0 aliphatic carbocycles. The first-order valence-electron chi connectivity index (χ1n) is 5.82. The van der Waals surface area contributed by atoms with Gasteiger partial charge in [-0.05, 0) is 36.4 Å². The minimum atomic E-state index is -0.650. The van der Waals surface area contributed by atoms with Crippen molar-refractivity contribution in [1.29, 1.82) is 0 Å². The van der Waals surface area contributed by atoms with Crippen molar-refractivity contribution in [3.8, 4) is 17.2 Å². The van der Waals surface area contributed by atoms with E-state index in [0.717, 1.165) is 6.21 Å². The number of hydrazone groups is 1. The lowest BCUT2D eigenvalue weighted by Crippen LogP contribution is -2.17. The number of phenolic OH excluding ortho intramolecular Hbond substituents is 3. The summed E-state index contributed by atoms with van der Waals surface area (Å²) in [6, 6.07) is 8.75. The molecule has 2 aromatic carbocycles. The summed E-state index contributed by atoms with van der Waals surface area (Å²) in [5, 5.41) is 32.3. The number of hydrogen-bond acceptors (Lipinski definition) is 5. The van der Waals surface area contributed by atoms with Crippen LogP contribution in [0.3, 0.4) is 0 Å². The van der Waals surface area contributed by atoms with Crippen LogP contribution in [0.4, 0.5) is 0 Å². The molecule has 0 bridgehead atoms. The molecule has 0 radical (unpaired) electrons. The third-order valence-electron chi connectivity index (χ3n) is 2.64. The summed E-state index contributed by atoms with van der Waals surface area (Å²) in [5.74, 6) is -2.08. The molecular weight excluding hydrogens is 296 g/mol. The number of hydrogen-bond donors (Lipinski definition) is 4. The van der Waals surface area contributed by atoms with Crippen LogP contribution in [0.2, 0.25) is 5.02 Å². The van der Waals surface area contributed by atoms with E-state index in [1.165, 1.54) is 24.3 Å². The van der Waals surface area contributed by atoms with Gasteiger partial charge in [-0.15, -0.1) is 0 Å². The number of aromatic hydroxyl groups is 3. The minimum Gasteiger partial charge on any atom is -0.504 e. The van der Waals surface area contributed by atoms with Gasteiger partial charge in [-0.25, -0.2) is 5.43 Å². The van der Waals surface area contributed by atoms with Gasteiger partial charge >= 0.3 is 0 Å². The summed E-state index contributed by atoms with van der Waals surface area (Å²) in [7, 11) is 0. The van der Waals surface area contributed by atoms with Crippen molar-refractivity contribution < 1.29 is 20.1 Å². The lowest BCUT2D eigenvalue weighted by atomic mass is 10.2. The van der Waals surface area contributed by atoms with Crippen molar-refractivity contribution in [3.05, 3.63) is 52.5 Å². The fourth-order valence-corrected chi connectivity index (χ4v) is 1.64. The zero-order valence-electron chi connectivity index (χ0n) is 10.6. The lowest BCUT2D eigenvalue weighted by molar-refractivity contribution is 0.0955. The van der Waals surface area contributed by atoms with E-state index in [1.807, 2.05) is 0 Å². The van der Waals surface area contributed by atoms with Gasteiger partial charge in [0.25, 0.3) is 5.91 Å². The first kappa shape index (κ1) is 14.7. The van der Waals surface area contributed by atoms with Crippen LogP contribution < -0.4 is 5.43 Å². The maximum Gasteiger partial charge on any atom is 0.271 e. The van der Waals surface area contributed by atoms with Gasteiger partial charge in [0.1, 0.15) is 0 Å². The van der Waals surface area contributed by atoms with Gasteiger partial charge in [0, 0.05) is 16.1 Å². The van der Waals surface area contributed by atoms with Crippen LogP contribution in [-0.4, -0.2) is 27.4 Å². The van der Waals surface area contributed by atoms with E-state index in [0.29, 0.717) is 10.6 Å². The summed E-state index contributed by atoms with van der Waals surface area (Å²) in [6.45, 7) is 0. The highest BCUT2D eigenvalue weighted by molar-refractivity contribution is 6.30. The Balaban J connectivity index is 2.07. The lowest BCUT2D eigenvalue weighted by Gasteiger charge is -2.03. The zero-order valence-corrected chi connectivity index (χ0v) is 11.4. The molecule has 2 aromatic rings. The van der Waals surface area contributed by atoms with Crippen LogP contribution in [0.25, 0.3) is 0 Å². The SMILES string of the molecule is O=C(NN=Cc1ccc(O)c(O)c1O)c1ccc(Cl)cc1. The molecule has 0 fully saturated rings. The molecule has 21 heavy (non-hydrogen) atoms. The molecular formula is C14H11ClN2O4. The smallest absolute Gasteiger partial charge is 0.271 e. The minimum absolute atomic E-state index is 0.140. The molecule has 1 amide bonds. The summed E-state index contributed by atoms with van der Waals surface area (Å²) in [5.41, 5.74) is 2.77. The molecule has 4 N–H and O–H groups in total. The van der Waals surface area contributed by atoms with Crippen molar-refractivity contribution in [2.24, 2.45) is 5.10 Å². The number of benzene rings is 2.